The first-order chi connectivity index (χ1) is 10.0. The normalized spacial score (nSPS) is 10.9. The highest BCUT2D eigenvalue weighted by molar-refractivity contribution is 6.30. The molecule has 0 saturated carbocycles. The lowest BCUT2D eigenvalue weighted by atomic mass is 10.3. The number of rotatable bonds is 6. The van der Waals surface area contributed by atoms with Gasteiger partial charge in [0.25, 0.3) is 0 Å². The zero-order valence-electron chi connectivity index (χ0n) is 13.1. The van der Waals surface area contributed by atoms with Gasteiger partial charge >= 0.3 is 0 Å². The van der Waals surface area contributed by atoms with Gasteiger partial charge in [-0.1, -0.05) is 18.5 Å². The third-order valence-electron chi connectivity index (χ3n) is 3.39. The van der Waals surface area contributed by atoms with E-state index in [1.807, 2.05) is 25.5 Å². The molecule has 21 heavy (non-hydrogen) atoms. The molecule has 0 spiro atoms. The predicted octanol–water partition coefficient (Wildman–Crippen LogP) is 3.32. The number of nitrogens with zero attached hydrogens (tertiary/aromatic N) is 4. The predicted molar refractivity (Wildman–Crippen MR) is 86.0 cm³/mol. The average molecular weight is 308 g/mol. The van der Waals surface area contributed by atoms with Crippen molar-refractivity contribution in [3.63, 3.8) is 0 Å². The standard InChI is InChI=1S/C15H22ClN5/c1-5-13-18-14(16)12(4)15(19-13)17-7-6-8-21-11(3)9-10(2)20-21/h9H,5-8H2,1-4H3,(H,17,18,19). The van der Waals surface area contributed by atoms with Gasteiger partial charge in [0.05, 0.1) is 5.69 Å². The van der Waals surface area contributed by atoms with Crippen molar-refractivity contribution in [3.05, 3.63) is 34.0 Å². The third kappa shape index (κ3) is 3.94. The van der Waals surface area contributed by atoms with Crippen LogP contribution >= 0.6 is 11.6 Å². The molecule has 0 unspecified atom stereocenters. The van der Waals surface area contributed by atoms with E-state index in [-0.39, 0.29) is 0 Å². The first kappa shape index (κ1) is 15.8. The molecular formula is C15H22ClN5. The number of halogens is 1. The van der Waals surface area contributed by atoms with E-state index >= 15 is 0 Å². The maximum absolute atomic E-state index is 6.12. The molecule has 0 aliphatic carbocycles. The minimum absolute atomic E-state index is 0.530. The van der Waals surface area contributed by atoms with E-state index in [0.717, 1.165) is 48.8 Å². The quantitative estimate of drug-likeness (QED) is 0.657. The first-order valence-electron chi connectivity index (χ1n) is 7.29. The molecule has 0 amide bonds. The van der Waals surface area contributed by atoms with E-state index in [4.69, 9.17) is 11.6 Å². The molecule has 2 heterocycles. The zero-order valence-corrected chi connectivity index (χ0v) is 13.8. The monoisotopic (exact) mass is 307 g/mol. The number of hydrogen-bond donors (Lipinski definition) is 1. The molecule has 6 heteroatoms. The van der Waals surface area contributed by atoms with E-state index < -0.39 is 0 Å². The van der Waals surface area contributed by atoms with Gasteiger partial charge in [-0.25, -0.2) is 9.97 Å². The number of nitrogens with one attached hydrogen (secondary N) is 1. The third-order valence-corrected chi connectivity index (χ3v) is 3.76. The lowest BCUT2D eigenvalue weighted by Crippen LogP contribution is -2.11. The summed E-state index contributed by atoms with van der Waals surface area (Å²) in [5.74, 6) is 1.60. The van der Waals surface area contributed by atoms with Gasteiger partial charge < -0.3 is 5.32 Å². The molecule has 2 aromatic rings. The van der Waals surface area contributed by atoms with Crippen molar-refractivity contribution in [3.8, 4) is 0 Å². The van der Waals surface area contributed by atoms with Crippen LogP contribution in [0.25, 0.3) is 0 Å². The first-order valence-corrected chi connectivity index (χ1v) is 7.67. The largest absolute Gasteiger partial charge is 0.370 e. The number of anilines is 1. The SMILES string of the molecule is CCc1nc(Cl)c(C)c(NCCCn2nc(C)cc2C)n1. The Kier molecular flexibility index (Phi) is 5.17. The molecule has 2 aromatic heterocycles. The Morgan fingerprint density at radius 2 is 2.00 bits per heavy atom. The molecule has 0 radical (unpaired) electrons. The zero-order chi connectivity index (χ0) is 15.4. The Balaban J connectivity index is 1.91. The van der Waals surface area contributed by atoms with Crippen LogP contribution in [0, 0.1) is 20.8 Å². The fraction of sp³-hybridized carbons (Fsp3) is 0.533. The molecule has 0 aliphatic heterocycles. The molecule has 2 rings (SSSR count). The fourth-order valence-corrected chi connectivity index (χ4v) is 2.39. The second-order valence-corrected chi connectivity index (χ2v) is 5.55. The maximum atomic E-state index is 6.12. The van der Waals surface area contributed by atoms with Crippen LogP contribution in [-0.2, 0) is 13.0 Å². The van der Waals surface area contributed by atoms with E-state index in [1.165, 1.54) is 5.69 Å². The molecule has 114 valence electrons. The topological polar surface area (TPSA) is 55.6 Å². The fourth-order valence-electron chi connectivity index (χ4n) is 2.20. The van der Waals surface area contributed by atoms with Gasteiger partial charge in [-0.05, 0) is 33.3 Å². The smallest absolute Gasteiger partial charge is 0.137 e. The van der Waals surface area contributed by atoms with Gasteiger partial charge in [0.1, 0.15) is 16.8 Å². The molecule has 0 aromatic carbocycles. The van der Waals surface area contributed by atoms with Crippen LogP contribution in [-0.4, -0.2) is 26.3 Å². The van der Waals surface area contributed by atoms with E-state index in [9.17, 15) is 0 Å². The van der Waals surface area contributed by atoms with Gasteiger partial charge in [-0.15, -0.1) is 0 Å². The van der Waals surface area contributed by atoms with E-state index in [2.05, 4.69) is 33.4 Å². The average Bonchev–Trinajstić information content (AvgIpc) is 2.77. The Labute approximate surface area is 130 Å². The van der Waals surface area contributed by atoms with Crippen molar-refractivity contribution < 1.29 is 0 Å². The van der Waals surface area contributed by atoms with Gasteiger partial charge in [-0.3, -0.25) is 4.68 Å². The summed E-state index contributed by atoms with van der Waals surface area (Å²) >= 11 is 6.12. The molecule has 5 nitrogen and oxygen atoms in total. The summed E-state index contributed by atoms with van der Waals surface area (Å²) in [6.45, 7) is 9.77. The van der Waals surface area contributed by atoms with Gasteiger partial charge in [-0.2, -0.15) is 5.10 Å². The minimum Gasteiger partial charge on any atom is -0.370 e. The molecule has 1 N–H and O–H groups in total. The minimum atomic E-state index is 0.530. The lowest BCUT2D eigenvalue weighted by molar-refractivity contribution is 0.573. The Hall–Kier alpha value is -1.62. The summed E-state index contributed by atoms with van der Waals surface area (Å²) in [4.78, 5) is 8.73. The van der Waals surface area contributed by atoms with Crippen molar-refractivity contribution in [1.29, 1.82) is 0 Å². The van der Waals surface area contributed by atoms with Crippen LogP contribution in [0.15, 0.2) is 6.07 Å². The molecule has 0 saturated heterocycles. The number of aromatic nitrogens is 4. The second kappa shape index (κ2) is 6.89. The Bertz CT molecular complexity index is 621. The van der Waals surface area contributed by atoms with Crippen LogP contribution < -0.4 is 5.32 Å². The van der Waals surface area contributed by atoms with Crippen LogP contribution in [0.5, 0.6) is 0 Å². The highest BCUT2D eigenvalue weighted by Crippen LogP contribution is 2.20. The summed E-state index contributed by atoms with van der Waals surface area (Å²) in [6, 6.07) is 2.09. The van der Waals surface area contributed by atoms with Crippen LogP contribution in [0.1, 0.15) is 36.1 Å². The molecule has 0 aliphatic rings. The highest BCUT2D eigenvalue weighted by Gasteiger charge is 2.08. The molecule has 0 atom stereocenters. The Morgan fingerprint density at radius 1 is 1.24 bits per heavy atom. The van der Waals surface area contributed by atoms with Crippen molar-refractivity contribution >= 4 is 17.4 Å². The lowest BCUT2D eigenvalue weighted by Gasteiger charge is -2.11. The maximum Gasteiger partial charge on any atom is 0.137 e. The highest BCUT2D eigenvalue weighted by atomic mass is 35.5. The molecule has 0 fully saturated rings. The van der Waals surface area contributed by atoms with Crippen molar-refractivity contribution in [2.75, 3.05) is 11.9 Å². The van der Waals surface area contributed by atoms with Crippen molar-refractivity contribution in [1.82, 2.24) is 19.7 Å². The van der Waals surface area contributed by atoms with E-state index in [0.29, 0.717) is 5.15 Å². The second-order valence-electron chi connectivity index (χ2n) is 5.19. The Morgan fingerprint density at radius 3 is 2.62 bits per heavy atom. The van der Waals surface area contributed by atoms with E-state index in [1.54, 1.807) is 0 Å². The van der Waals surface area contributed by atoms with Gasteiger partial charge in [0, 0.05) is 30.8 Å². The number of hydrogen-bond acceptors (Lipinski definition) is 4. The summed E-state index contributed by atoms with van der Waals surface area (Å²) in [5.41, 5.74) is 3.16. The van der Waals surface area contributed by atoms with Gasteiger partial charge in [0.2, 0.25) is 0 Å². The van der Waals surface area contributed by atoms with Crippen LogP contribution in [0.4, 0.5) is 5.82 Å². The summed E-state index contributed by atoms with van der Waals surface area (Å²) in [7, 11) is 0. The van der Waals surface area contributed by atoms with Crippen LogP contribution in [0.2, 0.25) is 5.15 Å². The summed E-state index contributed by atoms with van der Waals surface area (Å²) < 4.78 is 2.04. The van der Waals surface area contributed by atoms with Crippen LogP contribution in [0.3, 0.4) is 0 Å². The van der Waals surface area contributed by atoms with Crippen molar-refractivity contribution in [2.24, 2.45) is 0 Å². The molecule has 0 bridgehead atoms. The summed E-state index contributed by atoms with van der Waals surface area (Å²) in [6.07, 6.45) is 1.75. The molecular weight excluding hydrogens is 286 g/mol. The summed E-state index contributed by atoms with van der Waals surface area (Å²) in [5, 5.41) is 8.33. The van der Waals surface area contributed by atoms with Gasteiger partial charge in [0.15, 0.2) is 0 Å². The number of aryl methyl sites for hydroxylation is 4. The van der Waals surface area contributed by atoms with Crippen molar-refractivity contribution in [2.45, 2.75) is 47.1 Å².